The Morgan fingerprint density at radius 3 is 1.02 bits per heavy atom. The van der Waals surface area contributed by atoms with Gasteiger partial charge in [0.2, 0.25) is 5.91 Å². The van der Waals surface area contributed by atoms with Gasteiger partial charge < -0.3 is 89.9 Å². The van der Waals surface area contributed by atoms with E-state index in [9.17, 15) is 61.0 Å². The third-order valence-corrected chi connectivity index (χ3v) is 19.4. The summed E-state index contributed by atoms with van der Waals surface area (Å²) in [5.74, 6) is -0.298. The van der Waals surface area contributed by atoms with Crippen molar-refractivity contribution in [3.63, 3.8) is 0 Å². The van der Waals surface area contributed by atoms with Crippen molar-refractivity contribution >= 4 is 5.91 Å². The van der Waals surface area contributed by atoms with Gasteiger partial charge in [0.05, 0.1) is 38.6 Å². The number of hydrogen-bond donors (Lipinski definition) is 12. The lowest BCUT2D eigenvalue weighted by Gasteiger charge is -2.48. The molecule has 12 N–H and O–H groups in total. The first-order valence-electron chi connectivity index (χ1n) is 41.1. The van der Waals surface area contributed by atoms with Crippen LogP contribution in [-0.4, -0.2) is 193 Å². The van der Waals surface area contributed by atoms with E-state index >= 15 is 0 Å². The molecule has 17 atom stereocenters. The maximum Gasteiger partial charge on any atom is 0.220 e. The molecule has 19 heteroatoms. The van der Waals surface area contributed by atoms with Crippen molar-refractivity contribution in [2.24, 2.45) is 0 Å². The molecule has 0 aliphatic carbocycles. The fourth-order valence-electron chi connectivity index (χ4n) is 12.8. The van der Waals surface area contributed by atoms with Gasteiger partial charge in [0.25, 0.3) is 0 Å². The summed E-state index contributed by atoms with van der Waals surface area (Å²) >= 11 is 0. The molecule has 3 saturated heterocycles. The lowest BCUT2D eigenvalue weighted by molar-refractivity contribution is -0.379. The van der Waals surface area contributed by atoms with Crippen molar-refractivity contribution < 1.29 is 89.4 Å². The van der Waals surface area contributed by atoms with Gasteiger partial charge in [-0.25, -0.2) is 0 Å². The highest BCUT2D eigenvalue weighted by molar-refractivity contribution is 5.76. The van der Waals surface area contributed by atoms with E-state index in [2.05, 4.69) is 153 Å². The molecule has 19 nitrogen and oxygen atoms in total. The molecular formula is C87H145NO18. The van der Waals surface area contributed by atoms with E-state index in [-0.39, 0.29) is 18.9 Å². The molecule has 3 aliphatic rings. The first-order chi connectivity index (χ1) is 51.8. The maximum absolute atomic E-state index is 13.5. The summed E-state index contributed by atoms with van der Waals surface area (Å²) in [4.78, 5) is 13.5. The number of amides is 1. The van der Waals surface area contributed by atoms with Crippen LogP contribution in [0.1, 0.15) is 264 Å². The van der Waals surface area contributed by atoms with Crippen LogP contribution in [-0.2, 0) is 33.2 Å². The largest absolute Gasteiger partial charge is 0.394 e. The zero-order valence-corrected chi connectivity index (χ0v) is 64.9. The highest BCUT2D eigenvalue weighted by Gasteiger charge is 2.54. The lowest BCUT2D eigenvalue weighted by atomic mass is 9.96. The van der Waals surface area contributed by atoms with E-state index in [0.29, 0.717) is 6.42 Å². The van der Waals surface area contributed by atoms with E-state index in [1.165, 1.54) is 109 Å². The molecule has 3 aliphatic heterocycles. The molecule has 0 bridgehead atoms. The first-order valence-corrected chi connectivity index (χ1v) is 41.1. The summed E-state index contributed by atoms with van der Waals surface area (Å²) in [7, 11) is 0. The number of rotatable bonds is 63. The van der Waals surface area contributed by atoms with Crippen LogP contribution in [0.25, 0.3) is 0 Å². The van der Waals surface area contributed by atoms with Crippen molar-refractivity contribution in [2.75, 3.05) is 26.4 Å². The standard InChI is InChI=1S/C87H145NO18/c1-3-5-7-9-11-13-15-17-19-21-23-25-27-28-29-30-31-32-33-34-35-36-37-38-39-40-41-42-43-45-47-49-51-53-55-57-59-61-63-65-75(93)88-70(71(92)64-62-60-58-56-54-52-50-48-46-44-26-24-22-20-18-16-14-12-10-8-6-4-2)69-101-85-81(99)78(96)83(73(67-90)103-85)106-87-82(100)79(97)84(74(68-91)104-87)105-86-80(98)77(95)76(94)72(66-89)102-86/h5,7,11,13,17,19,23,25,28-29,31-32,34-35,37-38,40-41,43,45,49,51,62,64,70-74,76-87,89-92,94-100H,3-4,6,8-10,12,14-16,18,20-22,24,26-27,30,33,36,39,42,44,46-48,50,52-61,63,65-69H2,1-2H3,(H,88,93)/b7-5-,13-11-,19-17-,25-23-,29-28-,32-31-,35-34-,38-37-,41-40-,45-43-,51-49-,64-62+. The fraction of sp³-hybridized carbons (Fsp3) is 0.713. The Bertz CT molecular complexity index is 2490. The second kappa shape index (κ2) is 65.4. The predicted molar refractivity (Wildman–Crippen MR) is 424 cm³/mol. The van der Waals surface area contributed by atoms with E-state index in [0.717, 1.165) is 128 Å². The van der Waals surface area contributed by atoms with Gasteiger partial charge in [-0.2, -0.15) is 0 Å². The topological polar surface area (TPSA) is 307 Å². The van der Waals surface area contributed by atoms with Gasteiger partial charge in [0, 0.05) is 6.42 Å². The Labute approximate surface area is 638 Å². The normalized spacial score (nSPS) is 26.4. The summed E-state index contributed by atoms with van der Waals surface area (Å²) in [6.07, 6.45) is 68.2. The third kappa shape index (κ3) is 44.5. The quantitative estimate of drug-likeness (QED) is 0.0199. The fourth-order valence-corrected chi connectivity index (χ4v) is 12.8. The molecule has 0 radical (unpaired) electrons. The lowest BCUT2D eigenvalue weighted by Crippen LogP contribution is -2.66. The number of unbranched alkanes of at least 4 members (excludes halogenated alkanes) is 25. The molecule has 3 heterocycles. The Morgan fingerprint density at radius 2 is 0.651 bits per heavy atom. The Kier molecular flexibility index (Phi) is 59.1. The van der Waals surface area contributed by atoms with Crippen LogP contribution in [0.15, 0.2) is 146 Å². The molecule has 17 unspecified atom stereocenters. The highest BCUT2D eigenvalue weighted by Crippen LogP contribution is 2.33. The van der Waals surface area contributed by atoms with E-state index in [1.807, 2.05) is 6.08 Å². The number of aliphatic hydroxyl groups excluding tert-OH is 11. The summed E-state index contributed by atoms with van der Waals surface area (Å²) in [6, 6.07) is -0.996. The van der Waals surface area contributed by atoms with Gasteiger partial charge in [0.1, 0.15) is 73.2 Å². The van der Waals surface area contributed by atoms with Crippen LogP contribution in [0.4, 0.5) is 0 Å². The van der Waals surface area contributed by atoms with Crippen LogP contribution in [0.2, 0.25) is 0 Å². The molecule has 3 fully saturated rings. The average molecular weight is 1490 g/mol. The number of ether oxygens (including phenoxy) is 6. The Hall–Kier alpha value is -4.33. The van der Waals surface area contributed by atoms with Crippen molar-refractivity contribution in [1.29, 1.82) is 0 Å². The van der Waals surface area contributed by atoms with Crippen molar-refractivity contribution in [3.05, 3.63) is 146 Å². The molecule has 606 valence electrons. The van der Waals surface area contributed by atoms with Crippen molar-refractivity contribution in [3.8, 4) is 0 Å². The SMILES string of the molecule is CC/C=C\C/C=C\C/C=C\C/C=C\C/C=C\C/C=C\C/C=C\C/C=C\C/C=C\C/C=C\C/C=C\CCCCCCCC(=O)NC(COC1OC(CO)C(OC2OC(CO)C(OC3OC(CO)C(O)C(O)C3O)C(O)C2O)C(O)C1O)C(O)/C=C/CCCCCCCCCCCCCCCCCCCCCC. The molecule has 0 aromatic carbocycles. The molecular weight excluding hydrogens is 1350 g/mol. The van der Waals surface area contributed by atoms with E-state index < -0.39 is 124 Å². The number of aliphatic hydroxyl groups is 11. The summed E-state index contributed by atoms with van der Waals surface area (Å²) in [5, 5.41) is 121. The molecule has 0 spiro atoms. The zero-order valence-electron chi connectivity index (χ0n) is 64.9. The van der Waals surface area contributed by atoms with Gasteiger partial charge in [-0.3, -0.25) is 4.79 Å². The van der Waals surface area contributed by atoms with Gasteiger partial charge in [-0.15, -0.1) is 0 Å². The minimum atomic E-state index is -1.99. The summed E-state index contributed by atoms with van der Waals surface area (Å²) < 4.78 is 34.4. The molecule has 0 aromatic heterocycles. The molecule has 106 heavy (non-hydrogen) atoms. The zero-order chi connectivity index (χ0) is 76.7. The van der Waals surface area contributed by atoms with Crippen LogP contribution in [0, 0.1) is 0 Å². The third-order valence-electron chi connectivity index (χ3n) is 19.4. The van der Waals surface area contributed by atoms with Crippen LogP contribution >= 0.6 is 0 Å². The van der Waals surface area contributed by atoms with Gasteiger partial charge >= 0.3 is 0 Å². The second-order valence-corrected chi connectivity index (χ2v) is 28.5. The second-order valence-electron chi connectivity index (χ2n) is 28.5. The maximum atomic E-state index is 13.5. The molecule has 0 aromatic rings. The number of allylic oxidation sites excluding steroid dienone is 23. The van der Waals surface area contributed by atoms with Gasteiger partial charge in [-0.05, 0) is 103 Å². The molecule has 3 rings (SSSR count). The van der Waals surface area contributed by atoms with E-state index in [1.54, 1.807) is 6.08 Å². The van der Waals surface area contributed by atoms with Crippen molar-refractivity contribution in [2.45, 2.75) is 369 Å². The number of nitrogens with one attached hydrogen (secondary N) is 1. The minimum absolute atomic E-state index is 0.212. The minimum Gasteiger partial charge on any atom is -0.394 e. The Balaban J connectivity index is 1.37. The highest BCUT2D eigenvalue weighted by atomic mass is 16.8. The predicted octanol–water partition coefficient (Wildman–Crippen LogP) is 14.2. The average Bonchev–Trinajstić information content (AvgIpc) is 0.780. The van der Waals surface area contributed by atoms with Crippen LogP contribution in [0.5, 0.6) is 0 Å². The molecule has 1 amide bonds. The smallest absolute Gasteiger partial charge is 0.220 e. The summed E-state index contributed by atoms with van der Waals surface area (Å²) in [5.41, 5.74) is 0. The number of hydrogen-bond acceptors (Lipinski definition) is 18. The number of carbonyl (C=O) groups excluding carboxylic acids is 1. The monoisotopic (exact) mass is 1490 g/mol. The van der Waals surface area contributed by atoms with Crippen LogP contribution in [0.3, 0.4) is 0 Å². The van der Waals surface area contributed by atoms with Crippen molar-refractivity contribution in [1.82, 2.24) is 5.32 Å². The Morgan fingerprint density at radius 1 is 0.349 bits per heavy atom. The van der Waals surface area contributed by atoms with Gasteiger partial charge in [0.15, 0.2) is 18.9 Å². The first kappa shape index (κ1) is 95.9. The van der Waals surface area contributed by atoms with Crippen LogP contribution < -0.4 is 5.32 Å². The molecule has 0 saturated carbocycles. The number of carbonyl (C=O) groups is 1. The van der Waals surface area contributed by atoms with E-state index in [4.69, 9.17) is 28.4 Å². The van der Waals surface area contributed by atoms with Gasteiger partial charge in [-0.1, -0.05) is 301 Å². The summed E-state index contributed by atoms with van der Waals surface area (Å²) in [6.45, 7) is 1.61.